The van der Waals surface area contributed by atoms with E-state index in [1.807, 2.05) is 0 Å². The molecule has 1 saturated heterocycles. The van der Waals surface area contributed by atoms with Crippen LogP contribution in [0.3, 0.4) is 0 Å². The van der Waals surface area contributed by atoms with Gasteiger partial charge in [0.2, 0.25) is 0 Å². The van der Waals surface area contributed by atoms with Crippen molar-refractivity contribution >= 4 is 5.97 Å². The van der Waals surface area contributed by atoms with Crippen LogP contribution in [-0.4, -0.2) is 30.9 Å². The first kappa shape index (κ1) is 14.6. The lowest BCUT2D eigenvalue weighted by atomic mass is 10.1. The fourth-order valence-corrected chi connectivity index (χ4v) is 1.97. The first-order chi connectivity index (χ1) is 9.38. The van der Waals surface area contributed by atoms with E-state index in [0.29, 0.717) is 19.8 Å². The van der Waals surface area contributed by atoms with Gasteiger partial charge >= 0.3 is 12.1 Å². The van der Waals surface area contributed by atoms with E-state index < -0.39 is 23.3 Å². The molecule has 1 aromatic rings. The quantitative estimate of drug-likeness (QED) is 0.926. The summed E-state index contributed by atoms with van der Waals surface area (Å²) in [6.07, 6.45) is -3.88. The summed E-state index contributed by atoms with van der Waals surface area (Å²) in [6, 6.07) is 2.76. The molecule has 7 heteroatoms. The number of ether oxygens (including phenoxy) is 2. The maximum Gasteiger partial charge on any atom is 0.417 e. The molecule has 0 amide bonds. The monoisotopic (exact) mass is 290 g/mol. The fourth-order valence-electron chi connectivity index (χ4n) is 1.97. The minimum Gasteiger partial charge on any atom is -0.493 e. The molecule has 20 heavy (non-hydrogen) atoms. The second kappa shape index (κ2) is 5.70. The zero-order valence-corrected chi connectivity index (χ0v) is 10.4. The van der Waals surface area contributed by atoms with Gasteiger partial charge in [0.1, 0.15) is 5.75 Å². The van der Waals surface area contributed by atoms with E-state index in [-0.39, 0.29) is 11.7 Å². The number of rotatable bonds is 4. The predicted octanol–water partition coefficient (Wildman–Crippen LogP) is 2.82. The number of alkyl halides is 3. The van der Waals surface area contributed by atoms with Gasteiger partial charge < -0.3 is 14.6 Å². The van der Waals surface area contributed by atoms with Crippen molar-refractivity contribution in [3.63, 3.8) is 0 Å². The molecule has 4 nitrogen and oxygen atoms in total. The number of hydrogen-bond donors (Lipinski definition) is 1. The third-order valence-corrected chi connectivity index (χ3v) is 3.04. The van der Waals surface area contributed by atoms with Crippen molar-refractivity contribution in [1.29, 1.82) is 0 Å². The SMILES string of the molecule is O=C(O)c1cc(OCC2CCOC2)ccc1C(F)(F)F. The van der Waals surface area contributed by atoms with Crippen molar-refractivity contribution in [2.75, 3.05) is 19.8 Å². The molecule has 110 valence electrons. The van der Waals surface area contributed by atoms with Crippen molar-refractivity contribution in [3.05, 3.63) is 29.3 Å². The van der Waals surface area contributed by atoms with Crippen molar-refractivity contribution in [2.24, 2.45) is 5.92 Å². The smallest absolute Gasteiger partial charge is 0.417 e. The normalized spacial score (nSPS) is 19.1. The van der Waals surface area contributed by atoms with Crippen molar-refractivity contribution < 1.29 is 32.5 Å². The maximum atomic E-state index is 12.7. The Balaban J connectivity index is 2.15. The molecular weight excluding hydrogens is 277 g/mol. The molecule has 1 fully saturated rings. The highest BCUT2D eigenvalue weighted by atomic mass is 19.4. The molecule has 0 radical (unpaired) electrons. The average Bonchev–Trinajstić information content (AvgIpc) is 2.88. The molecule has 1 aliphatic heterocycles. The van der Waals surface area contributed by atoms with E-state index >= 15 is 0 Å². The number of carboxylic acids is 1. The Bertz CT molecular complexity index is 493. The van der Waals surface area contributed by atoms with E-state index in [2.05, 4.69) is 0 Å². The third kappa shape index (κ3) is 3.41. The standard InChI is InChI=1S/C13H13F3O4/c14-13(15,16)11-2-1-9(5-10(11)12(17)18)20-7-8-3-4-19-6-8/h1-2,5,8H,3-4,6-7H2,(H,17,18). The lowest BCUT2D eigenvalue weighted by Crippen LogP contribution is -2.15. The Hall–Kier alpha value is -1.76. The first-order valence-electron chi connectivity index (χ1n) is 6.03. The average molecular weight is 290 g/mol. The van der Waals surface area contributed by atoms with Crippen LogP contribution < -0.4 is 4.74 Å². The fraction of sp³-hybridized carbons (Fsp3) is 0.462. The number of hydrogen-bond acceptors (Lipinski definition) is 3. The molecule has 0 spiro atoms. The second-order valence-corrected chi connectivity index (χ2v) is 4.55. The molecule has 1 aromatic carbocycles. The summed E-state index contributed by atoms with van der Waals surface area (Å²) in [5, 5.41) is 8.86. The Labute approximate surface area is 113 Å². The van der Waals surface area contributed by atoms with Crippen molar-refractivity contribution in [1.82, 2.24) is 0 Å². The Morgan fingerprint density at radius 1 is 1.45 bits per heavy atom. The zero-order valence-electron chi connectivity index (χ0n) is 10.4. The maximum absolute atomic E-state index is 12.7. The summed E-state index contributed by atoms with van der Waals surface area (Å²) in [6.45, 7) is 1.48. The number of benzene rings is 1. The topological polar surface area (TPSA) is 55.8 Å². The minimum absolute atomic E-state index is 0.113. The molecule has 0 aliphatic carbocycles. The summed E-state index contributed by atoms with van der Waals surface area (Å²) < 4.78 is 48.4. The van der Waals surface area contributed by atoms with E-state index in [0.717, 1.165) is 24.6 Å². The zero-order chi connectivity index (χ0) is 14.8. The van der Waals surface area contributed by atoms with Gasteiger partial charge in [-0.2, -0.15) is 13.2 Å². The largest absolute Gasteiger partial charge is 0.493 e. The number of aromatic carboxylic acids is 1. The van der Waals surface area contributed by atoms with Gasteiger partial charge in [0.05, 0.1) is 24.3 Å². The van der Waals surface area contributed by atoms with Crippen LogP contribution in [0.1, 0.15) is 22.3 Å². The lowest BCUT2D eigenvalue weighted by Gasteiger charge is -2.14. The van der Waals surface area contributed by atoms with Gasteiger partial charge in [-0.25, -0.2) is 4.79 Å². The van der Waals surface area contributed by atoms with Crippen molar-refractivity contribution in [2.45, 2.75) is 12.6 Å². The Kier molecular flexibility index (Phi) is 4.17. The van der Waals surface area contributed by atoms with Gasteiger partial charge in [-0.3, -0.25) is 0 Å². The summed E-state index contributed by atoms with van der Waals surface area (Å²) in [5.41, 5.74) is -1.99. The van der Waals surface area contributed by atoms with E-state index in [4.69, 9.17) is 14.6 Å². The molecule has 0 saturated carbocycles. The highest BCUT2D eigenvalue weighted by Crippen LogP contribution is 2.34. The van der Waals surface area contributed by atoms with Crippen LogP contribution in [0.2, 0.25) is 0 Å². The Morgan fingerprint density at radius 2 is 2.20 bits per heavy atom. The lowest BCUT2D eigenvalue weighted by molar-refractivity contribution is -0.138. The number of halogens is 3. The van der Waals surface area contributed by atoms with Gasteiger partial charge in [-0.15, -0.1) is 0 Å². The van der Waals surface area contributed by atoms with E-state index in [1.54, 1.807) is 0 Å². The predicted molar refractivity (Wildman–Crippen MR) is 62.8 cm³/mol. The van der Waals surface area contributed by atoms with Crippen LogP contribution in [0.4, 0.5) is 13.2 Å². The van der Waals surface area contributed by atoms with E-state index in [9.17, 15) is 18.0 Å². The van der Waals surface area contributed by atoms with Gasteiger partial charge in [0.25, 0.3) is 0 Å². The summed E-state index contributed by atoms with van der Waals surface area (Å²) in [4.78, 5) is 10.9. The van der Waals surface area contributed by atoms with Crippen LogP contribution in [0.25, 0.3) is 0 Å². The highest BCUT2D eigenvalue weighted by Gasteiger charge is 2.35. The summed E-state index contributed by atoms with van der Waals surface area (Å²) in [7, 11) is 0. The van der Waals surface area contributed by atoms with Gasteiger partial charge in [-0.05, 0) is 24.6 Å². The number of carbonyl (C=O) groups is 1. The van der Waals surface area contributed by atoms with Crippen molar-refractivity contribution in [3.8, 4) is 5.75 Å². The Morgan fingerprint density at radius 3 is 2.75 bits per heavy atom. The van der Waals surface area contributed by atoms with Crippen LogP contribution in [0.15, 0.2) is 18.2 Å². The van der Waals surface area contributed by atoms with E-state index in [1.165, 1.54) is 0 Å². The molecule has 1 N–H and O–H groups in total. The highest BCUT2D eigenvalue weighted by molar-refractivity contribution is 5.90. The van der Waals surface area contributed by atoms with Crippen LogP contribution in [-0.2, 0) is 10.9 Å². The molecule has 0 aromatic heterocycles. The number of carboxylic acid groups (broad SMARTS) is 1. The van der Waals surface area contributed by atoms with Gasteiger partial charge in [-0.1, -0.05) is 0 Å². The molecule has 2 rings (SSSR count). The van der Waals surface area contributed by atoms with Crippen LogP contribution in [0.5, 0.6) is 5.75 Å². The molecule has 1 heterocycles. The molecule has 1 unspecified atom stereocenters. The first-order valence-corrected chi connectivity index (χ1v) is 6.03. The molecule has 1 atom stereocenters. The van der Waals surface area contributed by atoms with Crippen LogP contribution in [0, 0.1) is 5.92 Å². The van der Waals surface area contributed by atoms with Crippen LogP contribution >= 0.6 is 0 Å². The molecular formula is C13H13F3O4. The second-order valence-electron chi connectivity index (χ2n) is 4.55. The summed E-state index contributed by atoms with van der Waals surface area (Å²) in [5.74, 6) is -1.33. The third-order valence-electron chi connectivity index (χ3n) is 3.04. The molecule has 0 bridgehead atoms. The summed E-state index contributed by atoms with van der Waals surface area (Å²) >= 11 is 0. The van der Waals surface area contributed by atoms with Gasteiger partial charge in [0, 0.05) is 12.5 Å². The molecule has 1 aliphatic rings. The van der Waals surface area contributed by atoms with Gasteiger partial charge in [0.15, 0.2) is 0 Å². The minimum atomic E-state index is -4.70.